The number of fused-ring (bicyclic) bond motifs is 5. The van der Waals surface area contributed by atoms with Crippen molar-refractivity contribution in [2.24, 2.45) is 28.6 Å². The maximum atomic E-state index is 12.2. The van der Waals surface area contributed by atoms with Gasteiger partial charge in [0.25, 0.3) is 0 Å². The van der Waals surface area contributed by atoms with Crippen molar-refractivity contribution in [2.75, 3.05) is 6.61 Å². The second kappa shape index (κ2) is 5.39. The Balaban J connectivity index is 1.66. The third-order valence-electron chi connectivity index (χ3n) is 7.99. The van der Waals surface area contributed by atoms with Crippen LogP contribution in [0.25, 0.3) is 0 Å². The van der Waals surface area contributed by atoms with Gasteiger partial charge < -0.3 is 5.11 Å². The van der Waals surface area contributed by atoms with Crippen molar-refractivity contribution in [3.8, 4) is 0 Å². The van der Waals surface area contributed by atoms with Crippen molar-refractivity contribution in [2.45, 2.75) is 58.8 Å². The summed E-state index contributed by atoms with van der Waals surface area (Å²) in [5, 5.41) is 9.32. The highest BCUT2D eigenvalue weighted by Crippen LogP contribution is 2.65. The van der Waals surface area contributed by atoms with Gasteiger partial charge in [-0.1, -0.05) is 25.5 Å². The van der Waals surface area contributed by atoms with Crippen LogP contribution >= 0.6 is 0 Å². The van der Waals surface area contributed by atoms with Crippen LogP contribution in [-0.2, 0) is 9.59 Å². The van der Waals surface area contributed by atoms with Gasteiger partial charge in [0.2, 0.25) is 0 Å². The average molecular weight is 328 g/mol. The molecule has 5 atom stereocenters. The Labute approximate surface area is 144 Å². The SMILES string of the molecule is C[C@]12CCC(=O)C=C1CC[C@@H]1[C@H]2CC[C@]2(C)C(C(=O)CO)=CC[C@H]12. The molecular weight excluding hydrogens is 300 g/mol. The number of carbonyl (C=O) groups is 2. The van der Waals surface area contributed by atoms with Gasteiger partial charge in [0, 0.05) is 6.42 Å². The van der Waals surface area contributed by atoms with E-state index in [9.17, 15) is 14.7 Å². The monoisotopic (exact) mass is 328 g/mol. The largest absolute Gasteiger partial charge is 0.388 e. The first kappa shape index (κ1) is 16.3. The van der Waals surface area contributed by atoms with Gasteiger partial charge in [0.05, 0.1) is 0 Å². The zero-order valence-corrected chi connectivity index (χ0v) is 14.8. The van der Waals surface area contributed by atoms with Gasteiger partial charge in [-0.05, 0) is 78.8 Å². The number of Topliss-reactive ketones (excluding diaryl/α,β-unsaturated/α-hetero) is 1. The molecule has 0 unspecified atom stereocenters. The Hall–Kier alpha value is -1.22. The molecule has 2 saturated carbocycles. The van der Waals surface area contributed by atoms with Gasteiger partial charge in [-0.3, -0.25) is 9.59 Å². The van der Waals surface area contributed by atoms with E-state index in [0.29, 0.717) is 30.0 Å². The molecule has 24 heavy (non-hydrogen) atoms. The molecule has 4 aliphatic carbocycles. The van der Waals surface area contributed by atoms with Crippen LogP contribution in [0, 0.1) is 28.6 Å². The molecule has 0 spiro atoms. The van der Waals surface area contributed by atoms with Crippen molar-refractivity contribution in [3.63, 3.8) is 0 Å². The summed E-state index contributed by atoms with van der Waals surface area (Å²) >= 11 is 0. The van der Waals surface area contributed by atoms with E-state index in [-0.39, 0.29) is 23.2 Å². The molecular formula is C21H28O3. The highest BCUT2D eigenvalue weighted by molar-refractivity contribution is 5.98. The maximum absolute atomic E-state index is 12.2. The zero-order chi connectivity index (χ0) is 17.1. The van der Waals surface area contributed by atoms with Crippen molar-refractivity contribution in [1.29, 1.82) is 0 Å². The number of hydrogen-bond acceptors (Lipinski definition) is 3. The predicted octanol–water partition coefficient (Wildman–Crippen LogP) is 3.62. The lowest BCUT2D eigenvalue weighted by molar-refractivity contribution is -0.121. The smallest absolute Gasteiger partial charge is 0.184 e. The van der Waals surface area contributed by atoms with E-state index in [2.05, 4.69) is 19.9 Å². The van der Waals surface area contributed by atoms with Gasteiger partial charge in [-0.25, -0.2) is 0 Å². The van der Waals surface area contributed by atoms with Crippen LogP contribution in [0.4, 0.5) is 0 Å². The van der Waals surface area contributed by atoms with Crippen LogP contribution in [0.3, 0.4) is 0 Å². The van der Waals surface area contributed by atoms with Crippen LogP contribution < -0.4 is 0 Å². The lowest BCUT2D eigenvalue weighted by Crippen LogP contribution is -2.50. The molecule has 0 aromatic heterocycles. The molecule has 0 aromatic rings. The van der Waals surface area contributed by atoms with E-state index in [1.54, 1.807) is 0 Å². The summed E-state index contributed by atoms with van der Waals surface area (Å²) in [7, 11) is 0. The van der Waals surface area contributed by atoms with Gasteiger partial charge in [-0.15, -0.1) is 0 Å². The number of allylic oxidation sites excluding steroid dienone is 3. The fourth-order valence-corrected chi connectivity index (χ4v) is 6.64. The highest BCUT2D eigenvalue weighted by Gasteiger charge is 2.57. The fraction of sp³-hybridized carbons (Fsp3) is 0.714. The van der Waals surface area contributed by atoms with Crippen LogP contribution in [0.2, 0.25) is 0 Å². The number of hydrogen-bond donors (Lipinski definition) is 1. The van der Waals surface area contributed by atoms with Gasteiger partial charge in [-0.2, -0.15) is 0 Å². The minimum absolute atomic E-state index is 0.0525. The Bertz CT molecular complexity index is 658. The number of ketones is 2. The molecule has 1 N–H and O–H groups in total. The van der Waals surface area contributed by atoms with E-state index in [4.69, 9.17) is 0 Å². The molecule has 0 heterocycles. The number of aliphatic hydroxyl groups excluding tert-OH is 1. The van der Waals surface area contributed by atoms with Crippen molar-refractivity contribution >= 4 is 11.6 Å². The molecule has 4 rings (SSSR count). The first-order valence-corrected chi connectivity index (χ1v) is 9.49. The number of carbonyl (C=O) groups excluding carboxylic acids is 2. The molecule has 0 bridgehead atoms. The summed E-state index contributed by atoms with van der Waals surface area (Å²) in [4.78, 5) is 24.1. The molecule has 0 amide bonds. The zero-order valence-electron chi connectivity index (χ0n) is 14.8. The van der Waals surface area contributed by atoms with Gasteiger partial charge in [0.15, 0.2) is 11.6 Å². The lowest BCUT2D eigenvalue weighted by atomic mass is 9.47. The van der Waals surface area contributed by atoms with Crippen molar-refractivity contribution < 1.29 is 14.7 Å². The minimum Gasteiger partial charge on any atom is -0.388 e. The number of aliphatic hydroxyl groups is 1. The summed E-state index contributed by atoms with van der Waals surface area (Å²) in [5.74, 6) is 2.03. The Morgan fingerprint density at radius 1 is 1.17 bits per heavy atom. The predicted molar refractivity (Wildman–Crippen MR) is 92.3 cm³/mol. The fourth-order valence-electron chi connectivity index (χ4n) is 6.64. The Morgan fingerprint density at radius 2 is 1.96 bits per heavy atom. The van der Waals surface area contributed by atoms with Crippen LogP contribution in [0.1, 0.15) is 58.8 Å². The van der Waals surface area contributed by atoms with Crippen LogP contribution in [-0.4, -0.2) is 23.3 Å². The van der Waals surface area contributed by atoms with E-state index in [1.165, 1.54) is 5.57 Å². The molecule has 0 aromatic carbocycles. The maximum Gasteiger partial charge on any atom is 0.184 e. The molecule has 2 fully saturated rings. The highest BCUT2D eigenvalue weighted by atomic mass is 16.3. The molecule has 4 aliphatic rings. The summed E-state index contributed by atoms with van der Waals surface area (Å²) in [6, 6.07) is 0. The molecule has 3 nitrogen and oxygen atoms in total. The average Bonchev–Trinajstić information content (AvgIpc) is 2.92. The lowest BCUT2D eigenvalue weighted by Gasteiger charge is -2.57. The third kappa shape index (κ3) is 2.06. The van der Waals surface area contributed by atoms with Crippen LogP contribution in [0.5, 0.6) is 0 Å². The molecule has 130 valence electrons. The first-order chi connectivity index (χ1) is 11.4. The van der Waals surface area contributed by atoms with Crippen molar-refractivity contribution in [3.05, 3.63) is 23.3 Å². The molecule has 3 heteroatoms. The summed E-state index contributed by atoms with van der Waals surface area (Å²) in [6.07, 6.45) is 11.1. The van der Waals surface area contributed by atoms with Gasteiger partial charge in [0.1, 0.15) is 6.61 Å². The number of rotatable bonds is 2. The summed E-state index contributed by atoms with van der Waals surface area (Å²) < 4.78 is 0. The van der Waals surface area contributed by atoms with E-state index < -0.39 is 0 Å². The normalized spacial score (nSPS) is 44.1. The van der Waals surface area contributed by atoms with E-state index in [0.717, 1.165) is 44.1 Å². The Morgan fingerprint density at radius 3 is 2.71 bits per heavy atom. The standard InChI is InChI=1S/C21H28O3/c1-20-9-7-14(23)11-13(20)3-4-15-16-5-6-18(19(24)12-22)21(16,2)10-8-17(15)20/h6,11,15-17,22H,3-5,7-10,12H2,1-2H3/t15-,16+,17+,20-,21-/m0/s1. The van der Waals surface area contributed by atoms with E-state index in [1.807, 2.05) is 6.08 Å². The summed E-state index contributed by atoms with van der Waals surface area (Å²) in [6.45, 7) is 4.26. The first-order valence-electron chi connectivity index (χ1n) is 9.49. The minimum atomic E-state index is -0.366. The topological polar surface area (TPSA) is 54.4 Å². The Kier molecular flexibility index (Phi) is 3.65. The molecule has 0 saturated heterocycles. The van der Waals surface area contributed by atoms with Gasteiger partial charge >= 0.3 is 0 Å². The second-order valence-electron chi connectivity index (χ2n) is 8.86. The molecule has 0 radical (unpaired) electrons. The van der Waals surface area contributed by atoms with Crippen LogP contribution in [0.15, 0.2) is 23.3 Å². The molecule has 0 aliphatic heterocycles. The second-order valence-corrected chi connectivity index (χ2v) is 8.86. The van der Waals surface area contributed by atoms with E-state index >= 15 is 0 Å². The van der Waals surface area contributed by atoms with Crippen molar-refractivity contribution in [1.82, 2.24) is 0 Å². The third-order valence-corrected chi connectivity index (χ3v) is 7.99. The summed E-state index contributed by atoms with van der Waals surface area (Å²) in [5.41, 5.74) is 2.41. The quantitative estimate of drug-likeness (QED) is 0.842.